The van der Waals surface area contributed by atoms with E-state index in [1.165, 1.54) is 31.4 Å². The first-order valence-corrected chi connectivity index (χ1v) is 14.1. The monoisotopic (exact) mass is 677 g/mol. The number of aliphatic hydroxyl groups is 7. The molecule has 4 rings (SSSR count). The molecule has 0 radical (unpaired) electrons. The van der Waals surface area contributed by atoms with E-state index in [2.05, 4.69) is 4.99 Å². The van der Waals surface area contributed by atoms with Gasteiger partial charge in [-0.05, 0) is 37.1 Å². The van der Waals surface area contributed by atoms with Crippen LogP contribution in [0.15, 0.2) is 29.3 Å². The molecule has 8 N–H and O–H groups in total. The lowest BCUT2D eigenvalue weighted by Gasteiger charge is -2.48. The summed E-state index contributed by atoms with van der Waals surface area (Å²) in [6, 6.07) is 4.03. The lowest BCUT2D eigenvalue weighted by molar-refractivity contribution is -0.369. The van der Waals surface area contributed by atoms with Crippen molar-refractivity contribution in [2.75, 3.05) is 13.7 Å². The molecular weight excluding hydrogens is 642 g/mol. The van der Waals surface area contributed by atoms with Crippen molar-refractivity contribution in [3.05, 3.63) is 24.3 Å². The third kappa shape index (κ3) is 7.91. The number of carboxylic acid groups (broad SMARTS) is 2. The van der Waals surface area contributed by atoms with Crippen LogP contribution < -0.4 is 19.7 Å². The molecule has 1 aromatic carbocycles. The van der Waals surface area contributed by atoms with E-state index in [0.29, 0.717) is 5.75 Å². The van der Waals surface area contributed by atoms with Crippen molar-refractivity contribution >= 4 is 17.8 Å². The Morgan fingerprint density at radius 2 is 1.34 bits per heavy atom. The van der Waals surface area contributed by atoms with Crippen molar-refractivity contribution in [1.29, 1.82) is 0 Å². The van der Waals surface area contributed by atoms with Crippen LogP contribution in [-0.2, 0) is 33.3 Å². The van der Waals surface area contributed by atoms with Crippen molar-refractivity contribution in [2.24, 2.45) is 4.99 Å². The topological polar surface area (TPSA) is 319 Å². The van der Waals surface area contributed by atoms with Gasteiger partial charge in [0.1, 0.15) is 78.6 Å². The van der Waals surface area contributed by atoms with Gasteiger partial charge in [-0.2, -0.15) is 0 Å². The number of carbonyl (C=O) groups is 2. The minimum absolute atomic E-state index is 0.104. The second-order valence-corrected chi connectivity index (χ2v) is 10.8. The molecule has 0 bridgehead atoms. The Morgan fingerprint density at radius 3 is 1.89 bits per heavy atom. The number of methoxy groups -OCH3 is 1. The Kier molecular flexibility index (Phi) is 11.9. The standard InChI is InChI=1S/C27H37NO19/c1-8(30)28-12-19(44-27-17(35)14(32)15(33)21(46-27)23(37)38)13(31)11(7-29)43-25(12)45-20-16(34)18(36)26(47-22(20)24(39)40)42-10-5-3-9(41-2)4-6-10/h3-6,11-22,25-27,29,31-36H,7H2,1-2H3,(H,28,30)(H,37,38)(H,39,40)/p-2/t11-,12-,13-,14+,15+,16-,17-,18-,19-,20+,21+,22+,25+,26-,27-/m1/s1. The number of aliphatic imine (C=N–C) groups is 1. The highest BCUT2D eigenvalue weighted by Gasteiger charge is 2.55. The first-order chi connectivity index (χ1) is 22.2. The van der Waals surface area contributed by atoms with E-state index in [9.17, 15) is 60.7 Å². The Balaban J connectivity index is 1.61. The van der Waals surface area contributed by atoms with Gasteiger partial charge in [-0.1, -0.05) is 0 Å². The minimum Gasteiger partial charge on any atom is -0.862 e. The normalized spacial score (nSPS) is 41.2. The van der Waals surface area contributed by atoms with E-state index in [-0.39, 0.29) is 5.75 Å². The Labute approximate surface area is 265 Å². The summed E-state index contributed by atoms with van der Waals surface area (Å²) in [7, 11) is 1.43. The average Bonchev–Trinajstić information content (AvgIpc) is 3.03. The highest BCUT2D eigenvalue weighted by Crippen LogP contribution is 2.34. The molecule has 3 saturated heterocycles. The third-order valence-corrected chi connectivity index (χ3v) is 7.64. The Bertz CT molecular complexity index is 1240. The number of hydrogen-bond donors (Lipinski definition) is 8. The van der Waals surface area contributed by atoms with Gasteiger partial charge in [-0.3, -0.25) is 4.99 Å². The van der Waals surface area contributed by atoms with Crippen LogP contribution in [0.1, 0.15) is 6.92 Å². The smallest absolute Gasteiger partial charge is 0.335 e. The summed E-state index contributed by atoms with van der Waals surface area (Å²) < 4.78 is 37.8. The molecular formula is C27H35NO19-2. The lowest BCUT2D eigenvalue weighted by Crippen LogP contribution is -2.67. The van der Waals surface area contributed by atoms with E-state index < -0.39 is 116 Å². The van der Waals surface area contributed by atoms with Crippen molar-refractivity contribution < 1.29 is 93.8 Å². The molecule has 0 aromatic heterocycles. The van der Waals surface area contributed by atoms with E-state index in [1.54, 1.807) is 0 Å². The van der Waals surface area contributed by atoms with Gasteiger partial charge in [0.15, 0.2) is 18.7 Å². The van der Waals surface area contributed by atoms with Crippen LogP contribution in [0.25, 0.3) is 0 Å². The van der Waals surface area contributed by atoms with Crippen molar-refractivity contribution in [3.63, 3.8) is 0 Å². The van der Waals surface area contributed by atoms with Gasteiger partial charge in [-0.15, -0.1) is 0 Å². The van der Waals surface area contributed by atoms with Gasteiger partial charge in [0.2, 0.25) is 6.29 Å². The highest BCUT2D eigenvalue weighted by molar-refractivity contribution is 5.73. The second kappa shape index (κ2) is 15.3. The fraction of sp³-hybridized carbons (Fsp3) is 0.667. The molecule has 15 atom stereocenters. The minimum atomic E-state index is -2.22. The van der Waals surface area contributed by atoms with Crippen LogP contribution in [-0.4, -0.2) is 164 Å². The molecule has 0 aliphatic carbocycles. The van der Waals surface area contributed by atoms with Crippen LogP contribution in [0.5, 0.6) is 11.5 Å². The Morgan fingerprint density at radius 1 is 0.766 bits per heavy atom. The molecule has 0 unspecified atom stereocenters. The van der Waals surface area contributed by atoms with Crippen molar-refractivity contribution in [1.82, 2.24) is 0 Å². The SMILES string of the molecule is COc1ccc(O[C@@H]2O[C@H](C(=O)O)[C@@H](O[C@@H]3O[C@H](CO)[C@@H](O)[C@H](O[C@@H]4O[C@H](C(=O)[O-])[C@@H](O)[C@H](O)[C@H]4O)[C@H]3N=C(C)[O-])[C@H](O)[C@H]2O)cc1. The number of ether oxygens (including phenoxy) is 7. The number of nitrogens with zero attached hydrogens (tertiary/aromatic N) is 1. The largest absolute Gasteiger partial charge is 0.862 e. The van der Waals surface area contributed by atoms with Gasteiger partial charge in [0, 0.05) is 0 Å². The number of carbonyl (C=O) groups excluding carboxylic acids is 1. The molecule has 3 aliphatic heterocycles. The van der Waals surface area contributed by atoms with E-state index in [0.717, 1.165) is 6.92 Å². The number of carboxylic acids is 2. The van der Waals surface area contributed by atoms with Gasteiger partial charge in [0.05, 0.1) is 19.7 Å². The maximum absolute atomic E-state index is 12.2. The zero-order valence-corrected chi connectivity index (χ0v) is 24.7. The Hall–Kier alpha value is -3.25. The molecule has 0 amide bonds. The van der Waals surface area contributed by atoms with Crippen LogP contribution >= 0.6 is 0 Å². The van der Waals surface area contributed by atoms with E-state index in [4.69, 9.17) is 33.2 Å². The summed E-state index contributed by atoms with van der Waals surface area (Å²) in [5, 5.41) is 107. The molecule has 0 saturated carbocycles. The summed E-state index contributed by atoms with van der Waals surface area (Å²) in [6.45, 7) is -0.00243. The molecule has 20 heteroatoms. The number of benzene rings is 1. The van der Waals surface area contributed by atoms with Gasteiger partial charge in [-0.25, -0.2) is 4.79 Å². The predicted octanol–water partition coefficient (Wildman–Crippen LogP) is -6.84. The van der Waals surface area contributed by atoms with Crippen LogP contribution in [0, 0.1) is 0 Å². The maximum atomic E-state index is 12.2. The lowest BCUT2D eigenvalue weighted by atomic mass is 9.94. The van der Waals surface area contributed by atoms with Gasteiger partial charge >= 0.3 is 5.97 Å². The fourth-order valence-corrected chi connectivity index (χ4v) is 5.21. The first-order valence-electron chi connectivity index (χ1n) is 14.1. The fourth-order valence-electron chi connectivity index (χ4n) is 5.21. The third-order valence-electron chi connectivity index (χ3n) is 7.64. The molecule has 47 heavy (non-hydrogen) atoms. The summed E-state index contributed by atoms with van der Waals surface area (Å²) in [5.74, 6) is -4.07. The first kappa shape index (κ1) is 36.6. The summed E-state index contributed by atoms with van der Waals surface area (Å²) in [6.07, 6.45) is -28.0. The molecule has 0 spiro atoms. The molecule has 3 fully saturated rings. The highest BCUT2D eigenvalue weighted by atomic mass is 16.8. The molecule has 1 aromatic rings. The van der Waals surface area contributed by atoms with Crippen molar-refractivity contribution in [3.8, 4) is 11.5 Å². The van der Waals surface area contributed by atoms with Gasteiger partial charge < -0.3 is 89.0 Å². The quantitative estimate of drug-likeness (QED) is 0.0797. The summed E-state index contributed by atoms with van der Waals surface area (Å²) in [4.78, 5) is 27.5. The zero-order chi connectivity index (χ0) is 34.7. The summed E-state index contributed by atoms with van der Waals surface area (Å²) in [5.41, 5.74) is 0. The van der Waals surface area contributed by atoms with E-state index >= 15 is 0 Å². The summed E-state index contributed by atoms with van der Waals surface area (Å²) >= 11 is 0. The van der Waals surface area contributed by atoms with E-state index in [1.807, 2.05) is 0 Å². The zero-order valence-electron chi connectivity index (χ0n) is 24.7. The maximum Gasteiger partial charge on any atom is 0.335 e. The molecule has 3 heterocycles. The average molecular weight is 678 g/mol. The number of hydrogen-bond acceptors (Lipinski definition) is 19. The number of rotatable bonds is 11. The molecule has 20 nitrogen and oxygen atoms in total. The molecule has 3 aliphatic rings. The van der Waals surface area contributed by atoms with Gasteiger partial charge in [0.25, 0.3) is 0 Å². The van der Waals surface area contributed by atoms with Crippen LogP contribution in [0.3, 0.4) is 0 Å². The van der Waals surface area contributed by atoms with Crippen LogP contribution in [0.4, 0.5) is 0 Å². The van der Waals surface area contributed by atoms with Crippen LogP contribution in [0.2, 0.25) is 0 Å². The van der Waals surface area contributed by atoms with Crippen molar-refractivity contribution in [2.45, 2.75) is 99.0 Å². The second-order valence-electron chi connectivity index (χ2n) is 10.8. The number of aliphatic carboxylic acids is 2. The number of aliphatic hydroxyl groups excluding tert-OH is 7. The predicted molar refractivity (Wildman–Crippen MR) is 142 cm³/mol. The molecule has 264 valence electrons.